The molecule has 5 heteroatoms. The van der Waals surface area contributed by atoms with Crippen molar-refractivity contribution in [1.82, 2.24) is 9.80 Å². The van der Waals surface area contributed by atoms with Crippen LogP contribution in [0.25, 0.3) is 0 Å². The fourth-order valence-corrected chi connectivity index (χ4v) is 2.72. The summed E-state index contributed by atoms with van der Waals surface area (Å²) in [6.07, 6.45) is -0.409. The first-order valence-electron chi connectivity index (χ1n) is 7.06. The van der Waals surface area contributed by atoms with E-state index in [2.05, 4.69) is 25.7 Å². The third kappa shape index (κ3) is 4.82. The minimum absolute atomic E-state index is 0.409. The van der Waals surface area contributed by atoms with Gasteiger partial charge in [-0.3, -0.25) is 9.80 Å². The van der Waals surface area contributed by atoms with Crippen LogP contribution >= 0.6 is 15.9 Å². The molecule has 2 rings (SSSR count). The average Bonchev–Trinajstić information content (AvgIpc) is 2.47. The van der Waals surface area contributed by atoms with E-state index in [9.17, 15) is 5.11 Å². The molecule has 0 aliphatic carbocycles. The lowest BCUT2D eigenvalue weighted by Gasteiger charge is -2.35. The first-order valence-corrected chi connectivity index (χ1v) is 7.85. The zero-order valence-electron chi connectivity index (χ0n) is 12.0. The quantitative estimate of drug-likeness (QED) is 0.854. The molecule has 0 aromatic heterocycles. The minimum Gasteiger partial charge on any atom is -0.387 e. The molecular formula is C15H23BrN2O2. The summed E-state index contributed by atoms with van der Waals surface area (Å²) in [5, 5.41) is 10.3. The Hall–Kier alpha value is -0.460. The van der Waals surface area contributed by atoms with Crippen molar-refractivity contribution in [2.75, 3.05) is 53.0 Å². The minimum atomic E-state index is -0.409. The molecule has 1 N–H and O–H groups in total. The van der Waals surface area contributed by atoms with Crippen LogP contribution in [0.5, 0.6) is 0 Å². The average molecular weight is 343 g/mol. The number of ether oxygens (including phenoxy) is 1. The van der Waals surface area contributed by atoms with Crippen molar-refractivity contribution in [2.45, 2.75) is 6.10 Å². The lowest BCUT2D eigenvalue weighted by Crippen LogP contribution is -2.48. The molecule has 0 radical (unpaired) electrons. The molecule has 1 aromatic rings. The number of methoxy groups -OCH3 is 1. The molecular weight excluding hydrogens is 320 g/mol. The van der Waals surface area contributed by atoms with E-state index in [-0.39, 0.29) is 0 Å². The predicted octanol–water partition coefficient (Wildman–Crippen LogP) is 1.75. The molecule has 4 nitrogen and oxygen atoms in total. The van der Waals surface area contributed by atoms with E-state index in [1.165, 1.54) is 0 Å². The first-order chi connectivity index (χ1) is 9.69. The Bertz CT molecular complexity index is 391. The number of rotatable bonds is 6. The highest BCUT2D eigenvalue weighted by Crippen LogP contribution is 2.18. The van der Waals surface area contributed by atoms with Crippen LogP contribution in [0.1, 0.15) is 11.7 Å². The van der Waals surface area contributed by atoms with Gasteiger partial charge in [-0.25, -0.2) is 0 Å². The summed E-state index contributed by atoms with van der Waals surface area (Å²) in [4.78, 5) is 4.74. The molecule has 1 aliphatic rings. The normalized spacial score (nSPS) is 19.1. The highest BCUT2D eigenvalue weighted by atomic mass is 79.9. The van der Waals surface area contributed by atoms with E-state index in [1.807, 2.05) is 24.3 Å². The molecule has 112 valence electrons. The van der Waals surface area contributed by atoms with Crippen LogP contribution in [0, 0.1) is 0 Å². The van der Waals surface area contributed by atoms with Gasteiger partial charge in [-0.2, -0.15) is 0 Å². The summed E-state index contributed by atoms with van der Waals surface area (Å²) in [5.74, 6) is 0. The number of β-amino-alcohol motifs (C(OH)–C–C–N with tert-alkyl or cyclic N) is 1. The lowest BCUT2D eigenvalue weighted by atomic mass is 10.1. The maximum absolute atomic E-state index is 10.3. The van der Waals surface area contributed by atoms with Gasteiger partial charge in [0.2, 0.25) is 0 Å². The zero-order chi connectivity index (χ0) is 14.4. The van der Waals surface area contributed by atoms with Gasteiger partial charge in [0.05, 0.1) is 12.7 Å². The van der Waals surface area contributed by atoms with Crippen molar-refractivity contribution in [3.8, 4) is 0 Å². The van der Waals surface area contributed by atoms with Gasteiger partial charge in [0, 0.05) is 50.9 Å². The third-order valence-electron chi connectivity index (χ3n) is 3.76. The summed E-state index contributed by atoms with van der Waals surface area (Å²) in [7, 11) is 1.74. The van der Waals surface area contributed by atoms with E-state index in [4.69, 9.17) is 4.74 Å². The summed E-state index contributed by atoms with van der Waals surface area (Å²) in [5.41, 5.74) is 0.981. The maximum atomic E-state index is 10.3. The van der Waals surface area contributed by atoms with Crippen molar-refractivity contribution in [2.24, 2.45) is 0 Å². The third-order valence-corrected chi connectivity index (χ3v) is 4.29. The Labute approximate surface area is 129 Å². The molecule has 0 spiro atoms. The Kier molecular flexibility index (Phi) is 6.45. The number of aliphatic hydroxyl groups is 1. The monoisotopic (exact) mass is 342 g/mol. The second-order valence-electron chi connectivity index (χ2n) is 5.20. The molecule has 0 saturated carbocycles. The van der Waals surface area contributed by atoms with Crippen LogP contribution in [0.3, 0.4) is 0 Å². The molecule has 1 heterocycles. The SMILES string of the molecule is COCCN1CCN(C[C@@H](O)c2ccc(Br)cc2)CC1. The van der Waals surface area contributed by atoms with E-state index < -0.39 is 6.10 Å². The highest BCUT2D eigenvalue weighted by Gasteiger charge is 2.19. The summed E-state index contributed by atoms with van der Waals surface area (Å²) < 4.78 is 6.15. The lowest BCUT2D eigenvalue weighted by molar-refractivity contribution is 0.0611. The van der Waals surface area contributed by atoms with Gasteiger partial charge in [0.25, 0.3) is 0 Å². The predicted molar refractivity (Wildman–Crippen MR) is 83.9 cm³/mol. The van der Waals surface area contributed by atoms with Gasteiger partial charge in [-0.15, -0.1) is 0 Å². The van der Waals surface area contributed by atoms with Crippen LogP contribution in [0.4, 0.5) is 0 Å². The van der Waals surface area contributed by atoms with Gasteiger partial charge in [0.15, 0.2) is 0 Å². The molecule has 1 saturated heterocycles. The Morgan fingerprint density at radius 2 is 1.75 bits per heavy atom. The van der Waals surface area contributed by atoms with Gasteiger partial charge in [-0.1, -0.05) is 28.1 Å². The second-order valence-corrected chi connectivity index (χ2v) is 6.12. The molecule has 0 unspecified atom stereocenters. The van der Waals surface area contributed by atoms with Crippen LogP contribution in [0.2, 0.25) is 0 Å². The van der Waals surface area contributed by atoms with Crippen LogP contribution < -0.4 is 0 Å². The molecule has 20 heavy (non-hydrogen) atoms. The first kappa shape index (κ1) is 15.9. The van der Waals surface area contributed by atoms with Crippen LogP contribution in [-0.4, -0.2) is 67.9 Å². The fourth-order valence-electron chi connectivity index (χ4n) is 2.45. The number of halogens is 1. The van der Waals surface area contributed by atoms with Crippen molar-refractivity contribution in [1.29, 1.82) is 0 Å². The molecule has 1 fully saturated rings. The zero-order valence-corrected chi connectivity index (χ0v) is 13.6. The fraction of sp³-hybridized carbons (Fsp3) is 0.600. The number of aliphatic hydroxyl groups excluding tert-OH is 1. The largest absolute Gasteiger partial charge is 0.387 e. The second kappa shape index (κ2) is 8.10. The topological polar surface area (TPSA) is 35.9 Å². The summed E-state index contributed by atoms with van der Waals surface area (Å²) in [6.45, 7) is 6.63. The Morgan fingerprint density at radius 1 is 1.15 bits per heavy atom. The van der Waals surface area contributed by atoms with E-state index in [1.54, 1.807) is 7.11 Å². The Morgan fingerprint density at radius 3 is 2.35 bits per heavy atom. The van der Waals surface area contributed by atoms with Gasteiger partial charge < -0.3 is 9.84 Å². The van der Waals surface area contributed by atoms with Crippen molar-refractivity contribution in [3.05, 3.63) is 34.3 Å². The van der Waals surface area contributed by atoms with Gasteiger partial charge in [0.1, 0.15) is 0 Å². The van der Waals surface area contributed by atoms with E-state index in [0.29, 0.717) is 6.54 Å². The maximum Gasteiger partial charge on any atom is 0.0916 e. The highest BCUT2D eigenvalue weighted by molar-refractivity contribution is 9.10. The number of benzene rings is 1. The van der Waals surface area contributed by atoms with E-state index in [0.717, 1.165) is 49.4 Å². The van der Waals surface area contributed by atoms with Crippen molar-refractivity contribution < 1.29 is 9.84 Å². The van der Waals surface area contributed by atoms with Crippen LogP contribution in [-0.2, 0) is 4.74 Å². The summed E-state index contributed by atoms with van der Waals surface area (Å²) in [6, 6.07) is 7.90. The van der Waals surface area contributed by atoms with E-state index >= 15 is 0 Å². The van der Waals surface area contributed by atoms with Crippen molar-refractivity contribution >= 4 is 15.9 Å². The standard InChI is InChI=1S/C15H23BrN2O2/c1-20-11-10-17-6-8-18(9-7-17)12-15(19)13-2-4-14(16)5-3-13/h2-5,15,19H,6-12H2,1H3/t15-/m1/s1. The number of hydrogen-bond donors (Lipinski definition) is 1. The number of nitrogens with zero attached hydrogens (tertiary/aromatic N) is 2. The molecule has 0 amide bonds. The Balaban J connectivity index is 1.76. The molecule has 1 atom stereocenters. The summed E-state index contributed by atoms with van der Waals surface area (Å²) >= 11 is 3.41. The number of piperazine rings is 1. The van der Waals surface area contributed by atoms with Gasteiger partial charge >= 0.3 is 0 Å². The van der Waals surface area contributed by atoms with Crippen LogP contribution in [0.15, 0.2) is 28.7 Å². The van der Waals surface area contributed by atoms with Crippen molar-refractivity contribution in [3.63, 3.8) is 0 Å². The molecule has 1 aromatic carbocycles. The molecule has 0 bridgehead atoms. The smallest absolute Gasteiger partial charge is 0.0916 e. The molecule has 1 aliphatic heterocycles. The number of hydrogen-bond acceptors (Lipinski definition) is 4. The van der Waals surface area contributed by atoms with Gasteiger partial charge in [-0.05, 0) is 17.7 Å².